The highest BCUT2D eigenvalue weighted by molar-refractivity contribution is 7.92. The lowest BCUT2D eigenvalue weighted by Gasteiger charge is -2.12. The Labute approximate surface area is 223 Å². The fourth-order valence-electron chi connectivity index (χ4n) is 3.83. The van der Waals surface area contributed by atoms with Gasteiger partial charge in [0.1, 0.15) is 0 Å². The average Bonchev–Trinajstić information content (AvgIpc) is 3.38. The fourth-order valence-corrected chi connectivity index (χ4v) is 4.82. The lowest BCUT2D eigenvalue weighted by Crippen LogP contribution is -2.15. The van der Waals surface area contributed by atoms with Gasteiger partial charge in [0.2, 0.25) is 5.88 Å². The number of sulfonamides is 1. The number of rotatable bonds is 8. The zero-order valence-corrected chi connectivity index (χ0v) is 21.9. The lowest BCUT2D eigenvalue weighted by molar-refractivity contribution is 0.102. The first-order valence-corrected chi connectivity index (χ1v) is 13.0. The van der Waals surface area contributed by atoms with Crippen molar-refractivity contribution in [3.05, 3.63) is 78.6 Å². The summed E-state index contributed by atoms with van der Waals surface area (Å²) >= 11 is 0. The minimum Gasteiger partial charge on any atom is -0.481 e. The van der Waals surface area contributed by atoms with E-state index in [1.54, 1.807) is 24.0 Å². The van der Waals surface area contributed by atoms with Crippen LogP contribution in [0, 0.1) is 0 Å². The number of anilines is 2. The number of hydrogen-bond acceptors (Lipinski definition) is 9. The first kappa shape index (κ1) is 25.6. The van der Waals surface area contributed by atoms with Crippen molar-refractivity contribution >= 4 is 38.3 Å². The van der Waals surface area contributed by atoms with Gasteiger partial charge in [-0.25, -0.2) is 13.4 Å². The van der Waals surface area contributed by atoms with Crippen molar-refractivity contribution in [2.75, 3.05) is 24.3 Å². The van der Waals surface area contributed by atoms with Gasteiger partial charge in [-0.2, -0.15) is 15.1 Å². The Bertz CT molecular complexity index is 1760. The molecule has 1 amide bonds. The number of nitrogens with zero attached hydrogens (tertiary/aromatic N) is 5. The molecule has 39 heavy (non-hydrogen) atoms. The van der Waals surface area contributed by atoms with Crippen molar-refractivity contribution in [3.63, 3.8) is 0 Å². The highest BCUT2D eigenvalue weighted by Gasteiger charge is 2.18. The molecule has 2 aromatic carbocycles. The van der Waals surface area contributed by atoms with E-state index >= 15 is 0 Å². The Morgan fingerprint density at radius 2 is 1.72 bits per heavy atom. The molecule has 0 aliphatic heterocycles. The second-order valence-corrected chi connectivity index (χ2v) is 10.0. The summed E-state index contributed by atoms with van der Waals surface area (Å²) in [4.78, 5) is 25.9. The third-order valence-electron chi connectivity index (χ3n) is 5.70. The van der Waals surface area contributed by atoms with Crippen LogP contribution in [0.5, 0.6) is 11.9 Å². The van der Waals surface area contributed by atoms with Crippen LogP contribution in [-0.2, 0) is 17.1 Å². The molecule has 0 bridgehead atoms. The van der Waals surface area contributed by atoms with Gasteiger partial charge in [-0.15, -0.1) is 0 Å². The second kappa shape index (κ2) is 10.4. The molecule has 13 heteroatoms. The first-order valence-electron chi connectivity index (χ1n) is 11.6. The first-order chi connectivity index (χ1) is 18.8. The number of pyridine rings is 1. The Morgan fingerprint density at radius 1 is 0.949 bits per heavy atom. The summed E-state index contributed by atoms with van der Waals surface area (Å²) in [6.07, 6.45) is 3.50. The quantitative estimate of drug-likeness (QED) is 0.299. The van der Waals surface area contributed by atoms with E-state index in [2.05, 4.69) is 30.1 Å². The number of fused-ring (bicyclic) bond motifs is 1. The fraction of sp³-hybridized carbons (Fsp3) is 0.115. The number of aryl methyl sites for hydroxylation is 1. The summed E-state index contributed by atoms with van der Waals surface area (Å²) < 4.78 is 39.9. The van der Waals surface area contributed by atoms with Gasteiger partial charge in [0.05, 0.1) is 42.1 Å². The summed E-state index contributed by atoms with van der Waals surface area (Å²) in [6, 6.07) is 16.1. The van der Waals surface area contributed by atoms with E-state index in [9.17, 15) is 13.2 Å². The summed E-state index contributed by atoms with van der Waals surface area (Å²) in [5.41, 5.74) is 2.88. The summed E-state index contributed by atoms with van der Waals surface area (Å²) in [5, 5.41) is 7.71. The van der Waals surface area contributed by atoms with E-state index in [0.717, 1.165) is 5.56 Å². The zero-order chi connectivity index (χ0) is 27.6. The number of hydrogen-bond donors (Lipinski definition) is 2. The van der Waals surface area contributed by atoms with Gasteiger partial charge in [0.15, 0.2) is 5.82 Å². The average molecular weight is 546 g/mol. The highest BCUT2D eigenvalue weighted by Crippen LogP contribution is 2.26. The summed E-state index contributed by atoms with van der Waals surface area (Å²) in [5.74, 6) is -0.259. The molecular formula is C26H23N7O5S. The normalized spacial score (nSPS) is 11.3. The maximum Gasteiger partial charge on any atom is 0.321 e. The monoisotopic (exact) mass is 545 g/mol. The predicted molar refractivity (Wildman–Crippen MR) is 144 cm³/mol. The SMILES string of the molecule is COc1cc(NS(=O)(=O)c2ccc(NC(=O)c3cc(-c4cnn(C)c4)nc4ccccc34)cc2)nc(OC)n1. The van der Waals surface area contributed by atoms with Gasteiger partial charge in [-0.3, -0.25) is 14.2 Å². The number of para-hydroxylation sites is 1. The smallest absolute Gasteiger partial charge is 0.321 e. The number of nitrogens with one attached hydrogen (secondary N) is 2. The van der Waals surface area contributed by atoms with Crippen LogP contribution in [0.3, 0.4) is 0 Å². The summed E-state index contributed by atoms with van der Waals surface area (Å²) in [7, 11) is 0.546. The van der Waals surface area contributed by atoms with E-state index in [4.69, 9.17) is 9.47 Å². The number of carbonyl (C=O) groups is 1. The molecule has 0 spiro atoms. The Hall–Kier alpha value is -5.04. The Kier molecular flexibility index (Phi) is 6.81. The molecule has 0 saturated heterocycles. The minimum atomic E-state index is -4.00. The molecule has 198 valence electrons. The van der Waals surface area contributed by atoms with Crippen molar-refractivity contribution in [3.8, 4) is 23.1 Å². The van der Waals surface area contributed by atoms with E-state index in [1.165, 1.54) is 44.6 Å². The molecule has 3 heterocycles. The minimum absolute atomic E-state index is 0.0231. The lowest BCUT2D eigenvalue weighted by atomic mass is 10.0. The van der Waals surface area contributed by atoms with Crippen molar-refractivity contribution in [1.82, 2.24) is 24.7 Å². The molecule has 2 N–H and O–H groups in total. The molecule has 0 unspecified atom stereocenters. The molecule has 0 aliphatic carbocycles. The van der Waals surface area contributed by atoms with Crippen molar-refractivity contribution in [2.45, 2.75) is 4.90 Å². The molecule has 0 saturated carbocycles. The number of aromatic nitrogens is 5. The van der Waals surface area contributed by atoms with Crippen molar-refractivity contribution < 1.29 is 22.7 Å². The van der Waals surface area contributed by atoms with E-state index in [1.807, 2.05) is 30.5 Å². The highest BCUT2D eigenvalue weighted by atomic mass is 32.2. The van der Waals surface area contributed by atoms with Crippen molar-refractivity contribution in [1.29, 1.82) is 0 Å². The second-order valence-electron chi connectivity index (χ2n) is 8.34. The maximum absolute atomic E-state index is 13.3. The maximum atomic E-state index is 13.3. The van der Waals surface area contributed by atoms with Crippen LogP contribution in [0.25, 0.3) is 22.2 Å². The van der Waals surface area contributed by atoms with Gasteiger partial charge in [-0.1, -0.05) is 18.2 Å². The van der Waals surface area contributed by atoms with Gasteiger partial charge in [-0.05, 0) is 36.4 Å². The van der Waals surface area contributed by atoms with Gasteiger partial charge in [0.25, 0.3) is 15.9 Å². The number of methoxy groups -OCH3 is 2. The Morgan fingerprint density at radius 3 is 2.41 bits per heavy atom. The predicted octanol–water partition coefficient (Wildman–Crippen LogP) is 3.50. The van der Waals surface area contributed by atoms with Gasteiger partial charge < -0.3 is 14.8 Å². The van der Waals surface area contributed by atoms with Crippen LogP contribution >= 0.6 is 0 Å². The molecular weight excluding hydrogens is 522 g/mol. The molecule has 12 nitrogen and oxygen atoms in total. The van der Waals surface area contributed by atoms with Gasteiger partial charge >= 0.3 is 6.01 Å². The van der Waals surface area contributed by atoms with Crippen LogP contribution in [0.1, 0.15) is 10.4 Å². The van der Waals surface area contributed by atoms with E-state index in [-0.39, 0.29) is 28.5 Å². The summed E-state index contributed by atoms with van der Waals surface area (Å²) in [6.45, 7) is 0. The van der Waals surface area contributed by atoms with E-state index < -0.39 is 10.0 Å². The van der Waals surface area contributed by atoms with Crippen LogP contribution in [0.15, 0.2) is 78.0 Å². The van der Waals surface area contributed by atoms with Crippen LogP contribution in [0.4, 0.5) is 11.5 Å². The van der Waals surface area contributed by atoms with Crippen LogP contribution in [-0.4, -0.2) is 53.3 Å². The van der Waals surface area contributed by atoms with E-state index in [0.29, 0.717) is 27.8 Å². The third kappa shape index (κ3) is 5.48. The van der Waals surface area contributed by atoms with Gasteiger partial charge in [0, 0.05) is 35.9 Å². The van der Waals surface area contributed by atoms with Crippen LogP contribution in [0.2, 0.25) is 0 Å². The molecule has 0 atom stereocenters. The zero-order valence-electron chi connectivity index (χ0n) is 21.1. The topological polar surface area (TPSA) is 150 Å². The molecule has 5 rings (SSSR count). The number of amides is 1. The largest absolute Gasteiger partial charge is 0.481 e. The van der Waals surface area contributed by atoms with Crippen molar-refractivity contribution in [2.24, 2.45) is 7.05 Å². The third-order valence-corrected chi connectivity index (χ3v) is 7.07. The molecule has 0 radical (unpaired) electrons. The molecule has 3 aromatic heterocycles. The molecule has 5 aromatic rings. The molecule has 0 aliphatic rings. The number of ether oxygens (including phenoxy) is 2. The molecule has 0 fully saturated rings. The number of benzene rings is 2. The number of carbonyl (C=O) groups excluding carboxylic acids is 1. The Balaban J connectivity index is 1.39. The standard InChI is InChI=1S/C26H23N7O5S/c1-33-15-16(14-27-33)22-12-20(19-6-4-5-7-21(19)29-22)25(34)28-17-8-10-18(11-9-17)39(35,36)32-23-13-24(37-2)31-26(30-23)38-3/h4-15H,1-3H3,(H,28,34)(H,30,31,32). The van der Waals surface area contributed by atoms with Crippen LogP contribution < -0.4 is 19.5 Å².